The number of rotatable bonds is 3. The van der Waals surface area contributed by atoms with Crippen molar-refractivity contribution in [2.45, 2.75) is 6.92 Å². The van der Waals surface area contributed by atoms with Gasteiger partial charge in [-0.1, -0.05) is 37.0 Å². The van der Waals surface area contributed by atoms with Gasteiger partial charge in [0.1, 0.15) is 0 Å². The third kappa shape index (κ3) is 2.21. The van der Waals surface area contributed by atoms with Crippen molar-refractivity contribution < 1.29 is 0 Å². The van der Waals surface area contributed by atoms with Crippen LogP contribution in [-0.4, -0.2) is 13.1 Å². The molecule has 0 saturated heterocycles. The minimum absolute atomic E-state index is 0.976. The third-order valence-electron chi connectivity index (χ3n) is 1.82. The predicted octanol–water partition coefficient (Wildman–Crippen LogP) is 2.20. The molecule has 1 N–H and O–H groups in total. The second-order valence-corrected chi connectivity index (χ2v) is 2.72. The molecule has 1 rings (SSSR count). The van der Waals surface area contributed by atoms with E-state index in [1.807, 2.05) is 19.1 Å². The molecular formula is C11H15N. The average molecular weight is 161 g/mol. The molecule has 1 aliphatic rings. The van der Waals surface area contributed by atoms with Gasteiger partial charge in [-0.15, -0.1) is 0 Å². The lowest BCUT2D eigenvalue weighted by Gasteiger charge is -2.00. The molecule has 1 heteroatoms. The zero-order valence-electron chi connectivity index (χ0n) is 7.51. The van der Waals surface area contributed by atoms with Crippen molar-refractivity contribution in [3.63, 3.8) is 0 Å². The van der Waals surface area contributed by atoms with E-state index in [1.165, 1.54) is 11.1 Å². The molecule has 12 heavy (non-hydrogen) atoms. The summed E-state index contributed by atoms with van der Waals surface area (Å²) in [5, 5.41) is 3.27. The van der Waals surface area contributed by atoms with Crippen LogP contribution < -0.4 is 5.32 Å². The topological polar surface area (TPSA) is 12.0 Å². The Morgan fingerprint density at radius 3 is 3.00 bits per heavy atom. The molecule has 0 aliphatic carbocycles. The summed E-state index contributed by atoms with van der Waals surface area (Å²) in [4.78, 5) is 0. The molecule has 0 aromatic rings. The molecule has 0 atom stereocenters. The monoisotopic (exact) mass is 161 g/mol. The van der Waals surface area contributed by atoms with E-state index in [1.54, 1.807) is 0 Å². The van der Waals surface area contributed by atoms with E-state index in [0.717, 1.165) is 13.1 Å². The third-order valence-corrected chi connectivity index (χ3v) is 1.82. The van der Waals surface area contributed by atoms with Crippen molar-refractivity contribution in [3.05, 3.63) is 48.1 Å². The van der Waals surface area contributed by atoms with Gasteiger partial charge in [-0.2, -0.15) is 0 Å². The van der Waals surface area contributed by atoms with Crippen molar-refractivity contribution in [2.24, 2.45) is 0 Å². The van der Waals surface area contributed by atoms with Crippen LogP contribution in [0.1, 0.15) is 6.92 Å². The molecule has 0 bridgehead atoms. The minimum Gasteiger partial charge on any atom is -0.309 e. The molecular weight excluding hydrogens is 146 g/mol. The second kappa shape index (κ2) is 4.73. The Labute approximate surface area is 74.2 Å². The van der Waals surface area contributed by atoms with E-state index in [-0.39, 0.29) is 0 Å². The summed E-state index contributed by atoms with van der Waals surface area (Å²) in [6.45, 7) is 7.69. The van der Waals surface area contributed by atoms with E-state index < -0.39 is 0 Å². The number of allylic oxidation sites excluding steroid dienone is 4. The lowest BCUT2D eigenvalue weighted by atomic mass is 10.1. The van der Waals surface area contributed by atoms with Crippen molar-refractivity contribution in [3.8, 4) is 0 Å². The molecule has 0 radical (unpaired) electrons. The second-order valence-electron chi connectivity index (χ2n) is 2.72. The van der Waals surface area contributed by atoms with E-state index in [2.05, 4.69) is 30.1 Å². The Balaban J connectivity index is 2.78. The molecule has 1 aliphatic heterocycles. The fraction of sp³-hybridized carbons (Fsp3) is 0.273. The fourth-order valence-electron chi connectivity index (χ4n) is 1.27. The Morgan fingerprint density at radius 2 is 2.50 bits per heavy atom. The SMILES string of the molecule is C=C/C=C(\C=C/C)C1=CCNC1. The average Bonchev–Trinajstić information content (AvgIpc) is 2.56. The first kappa shape index (κ1) is 9.01. The Bertz CT molecular complexity index is 244. The highest BCUT2D eigenvalue weighted by molar-refractivity contribution is 5.44. The quantitative estimate of drug-likeness (QED) is 0.626. The molecule has 64 valence electrons. The maximum Gasteiger partial charge on any atom is 0.0211 e. The van der Waals surface area contributed by atoms with E-state index in [0.29, 0.717) is 0 Å². The first-order chi connectivity index (χ1) is 5.88. The van der Waals surface area contributed by atoms with Crippen LogP contribution >= 0.6 is 0 Å². The van der Waals surface area contributed by atoms with Gasteiger partial charge < -0.3 is 5.32 Å². The van der Waals surface area contributed by atoms with Crippen LogP contribution in [0.4, 0.5) is 0 Å². The van der Waals surface area contributed by atoms with E-state index in [9.17, 15) is 0 Å². The van der Waals surface area contributed by atoms with Crippen molar-refractivity contribution in [2.75, 3.05) is 13.1 Å². The van der Waals surface area contributed by atoms with Crippen molar-refractivity contribution >= 4 is 0 Å². The predicted molar refractivity (Wildman–Crippen MR) is 54.0 cm³/mol. The van der Waals surface area contributed by atoms with Gasteiger partial charge in [-0.25, -0.2) is 0 Å². The largest absolute Gasteiger partial charge is 0.309 e. The van der Waals surface area contributed by atoms with Gasteiger partial charge in [-0.05, 0) is 18.1 Å². The molecule has 0 fully saturated rings. The van der Waals surface area contributed by atoms with Crippen LogP contribution in [0, 0.1) is 0 Å². The number of hydrogen-bond donors (Lipinski definition) is 1. The summed E-state index contributed by atoms with van der Waals surface area (Å²) < 4.78 is 0. The smallest absolute Gasteiger partial charge is 0.0211 e. The summed E-state index contributed by atoms with van der Waals surface area (Å²) in [6.07, 6.45) is 10.2. The molecule has 0 saturated carbocycles. The summed E-state index contributed by atoms with van der Waals surface area (Å²) in [6, 6.07) is 0. The van der Waals surface area contributed by atoms with Crippen LogP contribution in [0.3, 0.4) is 0 Å². The van der Waals surface area contributed by atoms with Gasteiger partial charge in [0.2, 0.25) is 0 Å². The van der Waals surface area contributed by atoms with Crippen LogP contribution in [0.5, 0.6) is 0 Å². The Morgan fingerprint density at radius 1 is 1.67 bits per heavy atom. The Kier molecular flexibility index (Phi) is 3.55. The first-order valence-electron chi connectivity index (χ1n) is 4.24. The lowest BCUT2D eigenvalue weighted by Crippen LogP contribution is -2.08. The highest BCUT2D eigenvalue weighted by Crippen LogP contribution is 2.13. The van der Waals surface area contributed by atoms with Crippen LogP contribution in [0.15, 0.2) is 48.1 Å². The molecule has 0 aromatic heterocycles. The zero-order chi connectivity index (χ0) is 8.81. The molecule has 0 spiro atoms. The summed E-state index contributed by atoms with van der Waals surface area (Å²) in [5.41, 5.74) is 2.63. The normalized spacial score (nSPS) is 18.4. The van der Waals surface area contributed by atoms with Crippen LogP contribution in [0.2, 0.25) is 0 Å². The van der Waals surface area contributed by atoms with Gasteiger partial charge in [0.25, 0.3) is 0 Å². The molecule has 1 nitrogen and oxygen atoms in total. The fourth-order valence-corrected chi connectivity index (χ4v) is 1.27. The Hall–Kier alpha value is -1.08. The summed E-state index contributed by atoms with van der Waals surface area (Å²) >= 11 is 0. The zero-order valence-corrected chi connectivity index (χ0v) is 7.51. The van der Waals surface area contributed by atoms with Gasteiger partial charge in [-0.3, -0.25) is 0 Å². The maximum atomic E-state index is 3.70. The molecule has 0 aromatic carbocycles. The van der Waals surface area contributed by atoms with Crippen LogP contribution in [0.25, 0.3) is 0 Å². The van der Waals surface area contributed by atoms with Crippen molar-refractivity contribution in [1.29, 1.82) is 0 Å². The van der Waals surface area contributed by atoms with Gasteiger partial charge in [0.05, 0.1) is 0 Å². The van der Waals surface area contributed by atoms with Gasteiger partial charge in [0.15, 0.2) is 0 Å². The number of nitrogens with one attached hydrogen (secondary N) is 1. The first-order valence-corrected chi connectivity index (χ1v) is 4.24. The lowest BCUT2D eigenvalue weighted by molar-refractivity contribution is 0.879. The van der Waals surface area contributed by atoms with Gasteiger partial charge >= 0.3 is 0 Å². The molecule has 0 unspecified atom stereocenters. The molecule has 1 heterocycles. The van der Waals surface area contributed by atoms with Gasteiger partial charge in [0, 0.05) is 13.1 Å². The van der Waals surface area contributed by atoms with E-state index in [4.69, 9.17) is 0 Å². The highest BCUT2D eigenvalue weighted by Gasteiger charge is 2.05. The van der Waals surface area contributed by atoms with Crippen LogP contribution in [-0.2, 0) is 0 Å². The molecule has 0 amide bonds. The minimum atomic E-state index is 0.976. The maximum absolute atomic E-state index is 3.70. The standard InChI is InChI=1S/C11H15N/c1-3-5-10(6-4-2)11-7-8-12-9-11/h3-7,12H,1,8-9H2,2H3/b6-4-,10-5+. The number of hydrogen-bond acceptors (Lipinski definition) is 1. The summed E-state index contributed by atoms with van der Waals surface area (Å²) in [5.74, 6) is 0. The highest BCUT2D eigenvalue weighted by atomic mass is 14.9. The van der Waals surface area contributed by atoms with Crippen molar-refractivity contribution in [1.82, 2.24) is 5.32 Å². The summed E-state index contributed by atoms with van der Waals surface area (Å²) in [7, 11) is 0. The van der Waals surface area contributed by atoms with E-state index >= 15 is 0 Å².